The molecular formula is C17H24FIN2O. The molecule has 0 spiro atoms. The van der Waals surface area contributed by atoms with E-state index in [1.807, 2.05) is 22.6 Å². The average Bonchev–Trinajstić information content (AvgIpc) is 2.45. The number of carbonyl (C=O) groups is 1. The molecule has 1 aliphatic rings. The Hall–Kier alpha value is -0.690. The minimum absolute atomic E-state index is 0.0736. The van der Waals surface area contributed by atoms with E-state index in [1.54, 1.807) is 6.07 Å². The molecule has 1 fully saturated rings. The summed E-state index contributed by atoms with van der Waals surface area (Å²) in [5, 5.41) is 3.00. The number of hydrogen-bond acceptors (Lipinski definition) is 2. The predicted molar refractivity (Wildman–Crippen MR) is 95.5 cm³/mol. The zero-order valence-electron chi connectivity index (χ0n) is 13.5. The molecule has 5 heteroatoms. The lowest BCUT2D eigenvalue weighted by atomic mass is 9.93. The Labute approximate surface area is 145 Å². The van der Waals surface area contributed by atoms with Gasteiger partial charge in [0.05, 0.1) is 5.56 Å². The van der Waals surface area contributed by atoms with Gasteiger partial charge < -0.3 is 5.32 Å². The quantitative estimate of drug-likeness (QED) is 0.757. The number of rotatable bonds is 4. The van der Waals surface area contributed by atoms with Crippen molar-refractivity contribution in [3.63, 3.8) is 0 Å². The average molecular weight is 418 g/mol. The summed E-state index contributed by atoms with van der Waals surface area (Å²) in [6.45, 7) is 9.37. The highest BCUT2D eigenvalue weighted by Crippen LogP contribution is 2.23. The van der Waals surface area contributed by atoms with Crippen LogP contribution in [0.1, 0.15) is 44.0 Å². The Morgan fingerprint density at radius 1 is 1.50 bits per heavy atom. The molecule has 1 N–H and O–H groups in total. The van der Waals surface area contributed by atoms with E-state index in [9.17, 15) is 9.18 Å². The first kappa shape index (κ1) is 17.7. The van der Waals surface area contributed by atoms with Crippen LogP contribution in [0.25, 0.3) is 0 Å². The number of carbonyl (C=O) groups excluding carboxylic acids is 1. The fourth-order valence-electron chi connectivity index (χ4n) is 2.92. The number of piperidine rings is 1. The molecule has 0 radical (unpaired) electrons. The van der Waals surface area contributed by atoms with Gasteiger partial charge in [-0.15, -0.1) is 0 Å². The summed E-state index contributed by atoms with van der Waals surface area (Å²) in [5.74, 6) is 0.257. The van der Waals surface area contributed by atoms with Crippen LogP contribution in [0.5, 0.6) is 0 Å². The highest BCUT2D eigenvalue weighted by Gasteiger charge is 2.30. The molecular weight excluding hydrogens is 394 g/mol. The maximum absolute atomic E-state index is 13.1. The van der Waals surface area contributed by atoms with Crippen molar-refractivity contribution >= 4 is 28.5 Å². The van der Waals surface area contributed by atoms with Crippen molar-refractivity contribution in [1.29, 1.82) is 0 Å². The molecule has 1 aromatic carbocycles. The third kappa shape index (κ3) is 4.41. The molecule has 0 saturated carbocycles. The van der Waals surface area contributed by atoms with Crippen LogP contribution in [-0.2, 0) is 0 Å². The third-order valence-corrected chi connectivity index (χ3v) is 5.26. The largest absolute Gasteiger partial charge is 0.350 e. The smallest absolute Gasteiger partial charge is 0.252 e. The first-order valence-electron chi connectivity index (χ1n) is 7.78. The topological polar surface area (TPSA) is 32.3 Å². The van der Waals surface area contributed by atoms with Gasteiger partial charge in [0.1, 0.15) is 5.82 Å². The summed E-state index contributed by atoms with van der Waals surface area (Å²) in [6, 6.07) is 4.25. The van der Waals surface area contributed by atoms with Crippen LogP contribution in [-0.4, -0.2) is 36.0 Å². The third-order valence-electron chi connectivity index (χ3n) is 4.37. The summed E-state index contributed by atoms with van der Waals surface area (Å²) in [6.07, 6.45) is 2.50. The van der Waals surface area contributed by atoms with Gasteiger partial charge in [-0.25, -0.2) is 4.39 Å². The molecule has 0 bridgehead atoms. The molecule has 0 aliphatic carbocycles. The van der Waals surface area contributed by atoms with E-state index in [2.05, 4.69) is 31.0 Å². The monoisotopic (exact) mass is 418 g/mol. The van der Waals surface area contributed by atoms with Gasteiger partial charge in [0.2, 0.25) is 0 Å². The molecule has 1 aromatic rings. The fourth-order valence-corrected chi connectivity index (χ4v) is 3.64. The van der Waals surface area contributed by atoms with E-state index in [0.717, 1.165) is 13.1 Å². The molecule has 0 aromatic heterocycles. The normalized spacial score (nSPS) is 20.0. The molecule has 1 atom stereocenters. The van der Waals surface area contributed by atoms with Crippen LogP contribution < -0.4 is 5.32 Å². The van der Waals surface area contributed by atoms with Gasteiger partial charge >= 0.3 is 0 Å². The Morgan fingerprint density at radius 3 is 2.86 bits per heavy atom. The fraction of sp³-hybridized carbons (Fsp3) is 0.588. The number of nitrogens with one attached hydrogen (secondary N) is 1. The van der Waals surface area contributed by atoms with E-state index < -0.39 is 0 Å². The second-order valence-electron chi connectivity index (χ2n) is 6.81. The van der Waals surface area contributed by atoms with Gasteiger partial charge in [-0.05, 0) is 79.9 Å². The molecule has 2 rings (SSSR count). The summed E-state index contributed by atoms with van der Waals surface area (Å²) in [5.41, 5.74) is 0.459. The highest BCUT2D eigenvalue weighted by atomic mass is 127. The van der Waals surface area contributed by atoms with Gasteiger partial charge in [0, 0.05) is 22.2 Å². The number of likely N-dealkylation sites (tertiary alicyclic amines) is 1. The number of hydrogen-bond donors (Lipinski definition) is 1. The first-order valence-corrected chi connectivity index (χ1v) is 8.86. The molecule has 1 saturated heterocycles. The Balaban J connectivity index is 1.97. The number of halogens is 2. The number of nitrogens with zero attached hydrogens (tertiary/aromatic N) is 1. The molecule has 1 heterocycles. The van der Waals surface area contributed by atoms with Crippen LogP contribution in [0.3, 0.4) is 0 Å². The zero-order chi connectivity index (χ0) is 16.3. The maximum atomic E-state index is 13.1. The summed E-state index contributed by atoms with van der Waals surface area (Å²) >= 11 is 2.00. The van der Waals surface area contributed by atoms with E-state index in [0.29, 0.717) is 21.6 Å². The standard InChI is InChI=1S/C17H24FIN2O/c1-12-5-4-8-21(10-12)17(2,3)11-20-16(22)14-7-6-13(18)9-15(14)19/h6-7,9,12H,4-5,8,10-11H2,1-3H3,(H,20,22). The predicted octanol–water partition coefficient (Wildman–Crippen LogP) is 3.67. The van der Waals surface area contributed by atoms with Crippen LogP contribution in [0.2, 0.25) is 0 Å². The summed E-state index contributed by atoms with van der Waals surface area (Å²) in [4.78, 5) is 14.8. The van der Waals surface area contributed by atoms with Crippen LogP contribution in [0, 0.1) is 15.3 Å². The van der Waals surface area contributed by atoms with Gasteiger partial charge in [-0.2, -0.15) is 0 Å². The highest BCUT2D eigenvalue weighted by molar-refractivity contribution is 14.1. The van der Waals surface area contributed by atoms with Crippen molar-refractivity contribution in [3.05, 3.63) is 33.1 Å². The van der Waals surface area contributed by atoms with Gasteiger partial charge in [-0.1, -0.05) is 6.92 Å². The van der Waals surface area contributed by atoms with E-state index in [1.165, 1.54) is 25.0 Å². The van der Waals surface area contributed by atoms with Crippen LogP contribution in [0.15, 0.2) is 18.2 Å². The Morgan fingerprint density at radius 2 is 2.23 bits per heavy atom. The van der Waals surface area contributed by atoms with Crippen molar-refractivity contribution in [2.75, 3.05) is 19.6 Å². The molecule has 3 nitrogen and oxygen atoms in total. The van der Waals surface area contributed by atoms with Gasteiger partial charge in [-0.3, -0.25) is 9.69 Å². The minimum Gasteiger partial charge on any atom is -0.350 e. The van der Waals surface area contributed by atoms with E-state index >= 15 is 0 Å². The van der Waals surface area contributed by atoms with Crippen molar-refractivity contribution in [2.45, 2.75) is 39.2 Å². The second-order valence-corrected chi connectivity index (χ2v) is 7.97. The zero-order valence-corrected chi connectivity index (χ0v) is 15.6. The number of amides is 1. The van der Waals surface area contributed by atoms with Gasteiger partial charge in [0.15, 0.2) is 0 Å². The van der Waals surface area contributed by atoms with Crippen molar-refractivity contribution < 1.29 is 9.18 Å². The molecule has 1 aliphatic heterocycles. The Bertz CT molecular complexity index is 547. The molecule has 1 unspecified atom stereocenters. The van der Waals surface area contributed by atoms with Crippen molar-refractivity contribution in [3.8, 4) is 0 Å². The van der Waals surface area contributed by atoms with Crippen molar-refractivity contribution in [1.82, 2.24) is 10.2 Å². The van der Waals surface area contributed by atoms with Gasteiger partial charge in [0.25, 0.3) is 5.91 Å². The van der Waals surface area contributed by atoms with Crippen LogP contribution in [0.4, 0.5) is 4.39 Å². The van der Waals surface area contributed by atoms with E-state index in [-0.39, 0.29) is 17.3 Å². The summed E-state index contributed by atoms with van der Waals surface area (Å²) < 4.78 is 13.8. The van der Waals surface area contributed by atoms with Crippen molar-refractivity contribution in [2.24, 2.45) is 5.92 Å². The first-order chi connectivity index (χ1) is 10.3. The number of benzene rings is 1. The van der Waals surface area contributed by atoms with Crippen LogP contribution >= 0.6 is 22.6 Å². The Kier molecular flexibility index (Phi) is 5.82. The molecule has 1 amide bonds. The molecule has 122 valence electrons. The summed E-state index contributed by atoms with van der Waals surface area (Å²) in [7, 11) is 0. The minimum atomic E-state index is -0.316. The lowest BCUT2D eigenvalue weighted by Crippen LogP contribution is -2.54. The SMILES string of the molecule is CC1CCCN(C(C)(C)CNC(=O)c2ccc(F)cc2I)C1. The lowest BCUT2D eigenvalue weighted by molar-refractivity contribution is 0.0657. The molecule has 22 heavy (non-hydrogen) atoms. The van der Waals surface area contributed by atoms with E-state index in [4.69, 9.17) is 0 Å². The maximum Gasteiger partial charge on any atom is 0.252 e. The lowest BCUT2D eigenvalue weighted by Gasteiger charge is -2.43. The second kappa shape index (κ2) is 7.25.